The summed E-state index contributed by atoms with van der Waals surface area (Å²) in [6.07, 6.45) is -20.8. The maximum absolute atomic E-state index is 13.9. The van der Waals surface area contributed by atoms with Crippen LogP contribution < -0.4 is 0 Å². The minimum atomic E-state index is -1.86. The Labute approximate surface area is 418 Å². The van der Waals surface area contributed by atoms with E-state index in [2.05, 4.69) is 6.92 Å². The lowest BCUT2D eigenvalue weighted by Crippen LogP contribution is -2.68. The monoisotopic (exact) mass is 1020 g/mol. The van der Waals surface area contributed by atoms with Crippen LogP contribution in [0.15, 0.2) is 0 Å². The van der Waals surface area contributed by atoms with Gasteiger partial charge in [-0.3, -0.25) is 14.4 Å². The fraction of sp³-hybridized carbons (Fsp3) is 0.940. The van der Waals surface area contributed by atoms with Gasteiger partial charge in [0.05, 0.1) is 42.9 Å². The summed E-state index contributed by atoms with van der Waals surface area (Å²) in [5.41, 5.74) is 0. The fourth-order valence-electron chi connectivity index (χ4n) is 9.46. The van der Waals surface area contributed by atoms with Gasteiger partial charge in [-0.1, -0.05) is 92.4 Å². The molecule has 21 heteroatoms. The van der Waals surface area contributed by atoms with Crippen LogP contribution in [0.25, 0.3) is 0 Å². The Balaban J connectivity index is 1.63. The van der Waals surface area contributed by atoms with Crippen LogP contribution in [0, 0.1) is 11.8 Å². The molecule has 0 aromatic carbocycles. The maximum atomic E-state index is 13.9. The molecule has 0 amide bonds. The molecule has 412 valence electrons. The highest BCUT2D eigenvalue weighted by Crippen LogP contribution is 2.39. The van der Waals surface area contributed by atoms with Gasteiger partial charge in [-0.25, -0.2) is 0 Å². The lowest BCUT2D eigenvalue weighted by molar-refractivity contribution is -0.400. The second kappa shape index (κ2) is 28.6. The summed E-state index contributed by atoms with van der Waals surface area (Å²) in [4.78, 5) is 41.3. The van der Waals surface area contributed by atoms with Crippen molar-refractivity contribution in [3.63, 3.8) is 0 Å². The van der Waals surface area contributed by atoms with Crippen molar-refractivity contribution in [3.8, 4) is 0 Å². The molecule has 7 N–H and O–H groups in total. The number of carbonyl (C=O) groups excluding carboxylic acids is 3. The molecule has 0 aromatic rings. The van der Waals surface area contributed by atoms with Crippen LogP contribution in [-0.4, -0.2) is 189 Å². The second-order valence-electron chi connectivity index (χ2n) is 20.2. The molecule has 21 nitrogen and oxygen atoms in total. The standard InChI is InChI=1S/C50H86O21/c1-9-12-18-21-30-22-19-16-14-13-15-17-20-23-32(52)66-40-35(55)31(24-51)65-50(69-41-37(57)34(54)28(7)62-48(41)64-30)43(40)71-49-44(68-46(60)26(5)11-3)42(39(29(8)63-49)67-45(59)25(4)10-2)70-47-38(58)36(56)33(53)27(6)61-47/h25-31,33-44,47-51,53-58H,9-24H2,1-8H3/t25?,26?,27-,28+,29-,30-,31+,33-,34-,35+,36+,37-,38+,39-,40-,41+,42+,43+,44+,47?,48-,49?,50?/m0/s1. The van der Waals surface area contributed by atoms with Gasteiger partial charge in [0, 0.05) is 6.42 Å². The summed E-state index contributed by atoms with van der Waals surface area (Å²) in [5, 5.41) is 78.2. The predicted octanol–water partition coefficient (Wildman–Crippen LogP) is 2.58. The first-order chi connectivity index (χ1) is 33.8. The van der Waals surface area contributed by atoms with Crippen LogP contribution in [0.4, 0.5) is 0 Å². The van der Waals surface area contributed by atoms with Gasteiger partial charge in [-0.15, -0.1) is 0 Å². The topological polar surface area (TPSA) is 294 Å². The van der Waals surface area contributed by atoms with E-state index >= 15 is 0 Å². The minimum absolute atomic E-state index is 0.0470. The zero-order valence-corrected chi connectivity index (χ0v) is 42.9. The van der Waals surface area contributed by atoms with Crippen molar-refractivity contribution in [1.29, 1.82) is 0 Å². The van der Waals surface area contributed by atoms with Crippen molar-refractivity contribution < 1.29 is 102 Å². The van der Waals surface area contributed by atoms with Gasteiger partial charge in [0.25, 0.3) is 0 Å². The van der Waals surface area contributed by atoms with Gasteiger partial charge in [0.1, 0.15) is 54.9 Å². The van der Waals surface area contributed by atoms with E-state index in [4.69, 9.17) is 52.1 Å². The highest BCUT2D eigenvalue weighted by Gasteiger charge is 2.58. The SMILES string of the molecule is CCCCC[C@H]1CCCCCCCCCC(=O)O[C@H]2[C@H](O)[C@@H](CO)OC(O[C@H]3[C@H](O1)O[C@H](C)[C@H](O)[C@@H]3O)[C@@H]2OC1O[C@@H](C)[C@H](OC(=O)C(C)CC)[C@@H](OC2O[C@@H](C)[C@H](O)[C@@H](O)[C@H]2O)[C@H]1OC(=O)C(C)CC. The highest BCUT2D eigenvalue weighted by atomic mass is 16.8. The highest BCUT2D eigenvalue weighted by molar-refractivity contribution is 5.73. The summed E-state index contributed by atoms with van der Waals surface area (Å²) >= 11 is 0. The number of fused-ring (bicyclic) bond motifs is 3. The Bertz CT molecular complexity index is 1610. The Morgan fingerprint density at radius 2 is 1.15 bits per heavy atom. The number of ether oxygens (including phenoxy) is 11. The van der Waals surface area contributed by atoms with Crippen LogP contribution in [0.3, 0.4) is 0 Å². The molecule has 0 spiro atoms. The van der Waals surface area contributed by atoms with Crippen molar-refractivity contribution >= 4 is 17.9 Å². The van der Waals surface area contributed by atoms with Crippen LogP contribution in [0.1, 0.15) is 152 Å². The summed E-state index contributed by atoms with van der Waals surface area (Å²) in [6, 6.07) is 0. The minimum Gasteiger partial charge on any atom is -0.456 e. The first kappa shape index (κ1) is 59.7. The number of rotatable bonds is 15. The molecule has 5 rings (SSSR count). The summed E-state index contributed by atoms with van der Waals surface area (Å²) in [6.45, 7) is 12.6. The molecular formula is C50H86O21. The molecule has 71 heavy (non-hydrogen) atoms. The summed E-state index contributed by atoms with van der Waals surface area (Å²) in [7, 11) is 0. The van der Waals surface area contributed by atoms with Crippen LogP contribution >= 0.6 is 0 Å². The predicted molar refractivity (Wildman–Crippen MR) is 249 cm³/mol. The smallest absolute Gasteiger partial charge is 0.309 e. The largest absolute Gasteiger partial charge is 0.456 e. The summed E-state index contributed by atoms with van der Waals surface area (Å²) in [5.74, 6) is -3.52. The van der Waals surface area contributed by atoms with E-state index in [-0.39, 0.29) is 12.5 Å². The molecule has 0 aliphatic carbocycles. The fourth-order valence-corrected chi connectivity index (χ4v) is 9.46. The summed E-state index contributed by atoms with van der Waals surface area (Å²) < 4.78 is 69.4. The molecule has 2 bridgehead atoms. The van der Waals surface area contributed by atoms with Crippen molar-refractivity contribution in [2.45, 2.75) is 281 Å². The Hall–Kier alpha value is -2.19. The molecule has 5 saturated heterocycles. The molecule has 5 fully saturated rings. The van der Waals surface area contributed by atoms with Gasteiger partial charge < -0.3 is 87.9 Å². The van der Waals surface area contributed by atoms with Gasteiger partial charge in [-0.2, -0.15) is 0 Å². The number of unbranched alkanes of at least 4 members (excludes halogenated alkanes) is 2. The molecule has 23 atom stereocenters. The molecule has 0 aromatic heterocycles. The Morgan fingerprint density at radius 1 is 0.577 bits per heavy atom. The van der Waals surface area contributed by atoms with Crippen LogP contribution in [0.5, 0.6) is 0 Å². The number of esters is 3. The molecule has 5 aliphatic rings. The van der Waals surface area contributed by atoms with E-state index in [0.717, 1.165) is 57.8 Å². The van der Waals surface area contributed by atoms with E-state index < -0.39 is 159 Å². The molecular weight excluding hydrogens is 937 g/mol. The number of hydrogen-bond donors (Lipinski definition) is 7. The zero-order chi connectivity index (χ0) is 52.1. The number of hydrogen-bond acceptors (Lipinski definition) is 21. The van der Waals surface area contributed by atoms with Crippen molar-refractivity contribution in [2.75, 3.05) is 6.61 Å². The molecule has 0 radical (unpaired) electrons. The third kappa shape index (κ3) is 15.7. The lowest BCUT2D eigenvalue weighted by Gasteiger charge is -2.50. The zero-order valence-electron chi connectivity index (χ0n) is 42.9. The van der Waals surface area contributed by atoms with Crippen molar-refractivity contribution in [1.82, 2.24) is 0 Å². The molecule has 5 unspecified atom stereocenters. The first-order valence-corrected chi connectivity index (χ1v) is 26.4. The third-order valence-corrected chi connectivity index (χ3v) is 14.7. The quantitative estimate of drug-likeness (QED) is 0.0705. The van der Waals surface area contributed by atoms with Crippen molar-refractivity contribution in [2.24, 2.45) is 11.8 Å². The van der Waals surface area contributed by atoms with Gasteiger partial charge in [0.15, 0.2) is 49.6 Å². The van der Waals surface area contributed by atoms with E-state index in [9.17, 15) is 50.1 Å². The maximum Gasteiger partial charge on any atom is 0.309 e. The lowest BCUT2D eigenvalue weighted by atomic mass is 9.95. The van der Waals surface area contributed by atoms with Crippen LogP contribution in [0.2, 0.25) is 0 Å². The Kier molecular flexibility index (Phi) is 24.1. The average Bonchev–Trinajstić information content (AvgIpc) is 3.34. The van der Waals surface area contributed by atoms with E-state index in [1.165, 1.54) is 13.8 Å². The van der Waals surface area contributed by atoms with Gasteiger partial charge >= 0.3 is 17.9 Å². The van der Waals surface area contributed by atoms with Gasteiger partial charge in [0.2, 0.25) is 0 Å². The molecule has 5 aliphatic heterocycles. The first-order valence-electron chi connectivity index (χ1n) is 26.4. The molecule has 0 saturated carbocycles. The Morgan fingerprint density at radius 3 is 1.79 bits per heavy atom. The number of aliphatic hydroxyl groups is 7. The van der Waals surface area contributed by atoms with E-state index in [1.807, 2.05) is 0 Å². The van der Waals surface area contributed by atoms with Crippen LogP contribution in [-0.2, 0) is 66.5 Å². The second-order valence-corrected chi connectivity index (χ2v) is 20.2. The van der Waals surface area contributed by atoms with E-state index in [1.54, 1.807) is 34.6 Å². The van der Waals surface area contributed by atoms with E-state index in [0.29, 0.717) is 32.1 Å². The number of aliphatic hydroxyl groups excluding tert-OH is 7. The van der Waals surface area contributed by atoms with Crippen molar-refractivity contribution in [3.05, 3.63) is 0 Å². The van der Waals surface area contributed by atoms with Gasteiger partial charge in [-0.05, 0) is 52.9 Å². The number of carbonyl (C=O) groups is 3. The average molecular weight is 1020 g/mol. The normalized spacial score (nSPS) is 42.2. The third-order valence-electron chi connectivity index (χ3n) is 14.7. The molecule has 5 heterocycles.